The van der Waals surface area contributed by atoms with Crippen molar-refractivity contribution in [2.75, 3.05) is 5.32 Å². The second-order valence-electron chi connectivity index (χ2n) is 3.87. The molecule has 2 rings (SSSR count). The molecule has 94 valence electrons. The Balaban J connectivity index is 2.00. The predicted octanol–water partition coefficient (Wildman–Crippen LogP) is 2.73. The van der Waals surface area contributed by atoms with Crippen LogP contribution in [0.4, 0.5) is 10.1 Å². The molecule has 0 aliphatic rings. The molecular formula is C12H11BrFN3O. The molecule has 0 aliphatic heterocycles. The first-order valence-electron chi connectivity index (χ1n) is 5.28. The third-order valence-corrected chi connectivity index (χ3v) is 2.77. The fourth-order valence-electron chi connectivity index (χ4n) is 1.44. The molecule has 0 bridgehead atoms. The van der Waals surface area contributed by atoms with Crippen molar-refractivity contribution in [3.8, 4) is 0 Å². The second-order valence-corrected chi connectivity index (χ2v) is 4.78. The van der Waals surface area contributed by atoms with E-state index in [1.807, 2.05) is 0 Å². The minimum absolute atomic E-state index is 0.0844. The topological polar surface area (TPSA) is 46.9 Å². The Labute approximate surface area is 112 Å². The average Bonchev–Trinajstić information content (AvgIpc) is 2.69. The lowest BCUT2D eigenvalue weighted by Crippen LogP contribution is -2.19. The van der Waals surface area contributed by atoms with Gasteiger partial charge in [-0.2, -0.15) is 5.10 Å². The van der Waals surface area contributed by atoms with E-state index in [-0.39, 0.29) is 18.3 Å². The number of hydrogen-bond acceptors (Lipinski definition) is 2. The number of carbonyl (C=O) groups is 1. The highest BCUT2D eigenvalue weighted by Crippen LogP contribution is 2.13. The number of amides is 1. The van der Waals surface area contributed by atoms with Crippen molar-refractivity contribution in [3.63, 3.8) is 0 Å². The number of nitrogens with zero attached hydrogens (tertiary/aromatic N) is 2. The summed E-state index contributed by atoms with van der Waals surface area (Å²) in [5, 5.41) is 6.58. The predicted molar refractivity (Wildman–Crippen MR) is 69.7 cm³/mol. The summed E-state index contributed by atoms with van der Waals surface area (Å²) in [4.78, 5) is 11.7. The van der Waals surface area contributed by atoms with Gasteiger partial charge in [0.15, 0.2) is 0 Å². The molecule has 18 heavy (non-hydrogen) atoms. The standard InChI is InChI=1S/C12H11BrFN3O/c1-8-2-3-10(4-11(8)14)16-12(18)7-17-6-9(13)5-15-17/h2-6H,7H2,1H3,(H,16,18). The minimum atomic E-state index is -0.338. The van der Waals surface area contributed by atoms with E-state index in [9.17, 15) is 9.18 Å². The quantitative estimate of drug-likeness (QED) is 0.947. The summed E-state index contributed by atoms with van der Waals surface area (Å²) in [5.74, 6) is -0.594. The first-order chi connectivity index (χ1) is 8.54. The van der Waals surface area contributed by atoms with E-state index >= 15 is 0 Å². The van der Waals surface area contributed by atoms with Crippen molar-refractivity contribution >= 4 is 27.5 Å². The van der Waals surface area contributed by atoms with Crippen LogP contribution in [0.2, 0.25) is 0 Å². The lowest BCUT2D eigenvalue weighted by Gasteiger charge is -2.06. The summed E-state index contributed by atoms with van der Waals surface area (Å²) in [7, 11) is 0. The van der Waals surface area contributed by atoms with E-state index in [2.05, 4.69) is 26.3 Å². The van der Waals surface area contributed by atoms with Gasteiger partial charge in [0.1, 0.15) is 12.4 Å². The van der Waals surface area contributed by atoms with Crippen LogP contribution in [0.25, 0.3) is 0 Å². The Morgan fingerprint density at radius 3 is 2.94 bits per heavy atom. The number of aromatic nitrogens is 2. The van der Waals surface area contributed by atoms with Crippen LogP contribution in [0.5, 0.6) is 0 Å². The Hall–Kier alpha value is -1.69. The van der Waals surface area contributed by atoms with Gasteiger partial charge in [-0.3, -0.25) is 9.48 Å². The smallest absolute Gasteiger partial charge is 0.246 e. The molecule has 0 unspecified atom stereocenters. The zero-order valence-corrected chi connectivity index (χ0v) is 11.2. The maximum Gasteiger partial charge on any atom is 0.246 e. The molecule has 0 radical (unpaired) electrons. The van der Waals surface area contributed by atoms with Gasteiger partial charge in [0.05, 0.1) is 10.7 Å². The fourth-order valence-corrected chi connectivity index (χ4v) is 1.77. The molecule has 1 amide bonds. The molecule has 2 aromatic rings. The Kier molecular flexibility index (Phi) is 3.76. The summed E-state index contributed by atoms with van der Waals surface area (Å²) in [6.45, 7) is 1.75. The fraction of sp³-hybridized carbons (Fsp3) is 0.167. The lowest BCUT2D eigenvalue weighted by atomic mass is 10.2. The summed E-state index contributed by atoms with van der Waals surface area (Å²) >= 11 is 3.24. The third kappa shape index (κ3) is 3.16. The molecule has 0 aliphatic carbocycles. The number of nitrogens with one attached hydrogen (secondary N) is 1. The van der Waals surface area contributed by atoms with Gasteiger partial charge in [0.2, 0.25) is 5.91 Å². The first kappa shape index (κ1) is 12.8. The van der Waals surface area contributed by atoms with Crippen molar-refractivity contribution in [1.82, 2.24) is 9.78 Å². The summed E-state index contributed by atoms with van der Waals surface area (Å²) in [6.07, 6.45) is 3.29. The first-order valence-corrected chi connectivity index (χ1v) is 6.08. The molecule has 4 nitrogen and oxygen atoms in total. The molecule has 0 saturated heterocycles. The van der Waals surface area contributed by atoms with Gasteiger partial charge < -0.3 is 5.32 Å². The highest BCUT2D eigenvalue weighted by atomic mass is 79.9. The Bertz CT molecular complexity index is 582. The van der Waals surface area contributed by atoms with Crippen molar-refractivity contribution in [3.05, 3.63) is 46.4 Å². The number of halogens is 2. The van der Waals surface area contributed by atoms with Crippen molar-refractivity contribution in [2.24, 2.45) is 0 Å². The molecule has 1 aromatic heterocycles. The number of rotatable bonds is 3. The monoisotopic (exact) mass is 311 g/mol. The number of benzene rings is 1. The molecule has 1 N–H and O–H groups in total. The second kappa shape index (κ2) is 5.30. The van der Waals surface area contributed by atoms with E-state index in [1.54, 1.807) is 31.5 Å². The van der Waals surface area contributed by atoms with Gasteiger partial charge in [-0.1, -0.05) is 6.07 Å². The maximum atomic E-state index is 13.3. The molecule has 0 fully saturated rings. The zero-order valence-electron chi connectivity index (χ0n) is 9.65. The molecule has 0 atom stereocenters. The molecule has 6 heteroatoms. The number of aryl methyl sites for hydroxylation is 1. The van der Waals surface area contributed by atoms with Gasteiger partial charge in [0.25, 0.3) is 0 Å². The van der Waals surface area contributed by atoms with Crippen LogP contribution in [-0.2, 0) is 11.3 Å². The maximum absolute atomic E-state index is 13.3. The van der Waals surface area contributed by atoms with E-state index in [0.29, 0.717) is 11.3 Å². The summed E-state index contributed by atoms with van der Waals surface area (Å²) < 4.78 is 15.6. The average molecular weight is 312 g/mol. The molecule has 1 aromatic carbocycles. The minimum Gasteiger partial charge on any atom is -0.324 e. The number of carbonyl (C=O) groups excluding carboxylic acids is 1. The zero-order chi connectivity index (χ0) is 13.1. The van der Waals surface area contributed by atoms with Crippen LogP contribution in [0.3, 0.4) is 0 Å². The van der Waals surface area contributed by atoms with Crippen LogP contribution in [0.15, 0.2) is 35.1 Å². The summed E-state index contributed by atoms with van der Waals surface area (Å²) in [6, 6.07) is 4.58. The number of hydrogen-bond donors (Lipinski definition) is 1. The van der Waals surface area contributed by atoms with Gasteiger partial charge in [0, 0.05) is 11.9 Å². The van der Waals surface area contributed by atoms with Crippen LogP contribution < -0.4 is 5.32 Å². The van der Waals surface area contributed by atoms with Gasteiger partial charge in [-0.05, 0) is 40.5 Å². The van der Waals surface area contributed by atoms with Crippen molar-refractivity contribution < 1.29 is 9.18 Å². The molecule has 0 spiro atoms. The van der Waals surface area contributed by atoms with Crippen LogP contribution in [0.1, 0.15) is 5.56 Å². The normalized spacial score (nSPS) is 10.4. The summed E-state index contributed by atoms with van der Waals surface area (Å²) in [5.41, 5.74) is 0.985. The highest BCUT2D eigenvalue weighted by Gasteiger charge is 2.06. The lowest BCUT2D eigenvalue weighted by molar-refractivity contribution is -0.116. The Morgan fingerprint density at radius 2 is 2.33 bits per heavy atom. The van der Waals surface area contributed by atoms with E-state index in [4.69, 9.17) is 0 Å². The molecule has 1 heterocycles. The van der Waals surface area contributed by atoms with Gasteiger partial charge in [-0.25, -0.2) is 4.39 Å². The number of anilines is 1. The molecular weight excluding hydrogens is 301 g/mol. The van der Waals surface area contributed by atoms with Crippen LogP contribution in [0, 0.1) is 12.7 Å². The van der Waals surface area contributed by atoms with E-state index in [0.717, 1.165) is 4.47 Å². The van der Waals surface area contributed by atoms with Crippen molar-refractivity contribution in [1.29, 1.82) is 0 Å². The van der Waals surface area contributed by atoms with Gasteiger partial charge >= 0.3 is 0 Å². The van der Waals surface area contributed by atoms with Crippen LogP contribution >= 0.6 is 15.9 Å². The Morgan fingerprint density at radius 1 is 1.56 bits per heavy atom. The highest BCUT2D eigenvalue weighted by molar-refractivity contribution is 9.10. The molecule has 0 saturated carbocycles. The van der Waals surface area contributed by atoms with E-state index < -0.39 is 0 Å². The van der Waals surface area contributed by atoms with Crippen LogP contribution in [-0.4, -0.2) is 15.7 Å². The SMILES string of the molecule is Cc1ccc(NC(=O)Cn2cc(Br)cn2)cc1F. The van der Waals surface area contributed by atoms with E-state index in [1.165, 1.54) is 10.7 Å². The van der Waals surface area contributed by atoms with Crippen molar-refractivity contribution in [2.45, 2.75) is 13.5 Å². The van der Waals surface area contributed by atoms with Gasteiger partial charge in [-0.15, -0.1) is 0 Å². The third-order valence-electron chi connectivity index (χ3n) is 2.36. The largest absolute Gasteiger partial charge is 0.324 e.